The zero-order valence-corrected chi connectivity index (χ0v) is 12.5. The van der Waals surface area contributed by atoms with Crippen molar-refractivity contribution in [2.24, 2.45) is 7.05 Å². The topological polar surface area (TPSA) is 80.1 Å². The molecule has 2 aromatic rings. The Morgan fingerprint density at radius 2 is 2.18 bits per heavy atom. The molecule has 22 heavy (non-hydrogen) atoms. The van der Waals surface area contributed by atoms with Gasteiger partial charge in [0, 0.05) is 45.5 Å². The number of aryl methyl sites for hydroxylation is 1. The van der Waals surface area contributed by atoms with Gasteiger partial charge < -0.3 is 10.2 Å². The van der Waals surface area contributed by atoms with Gasteiger partial charge in [-0.15, -0.1) is 0 Å². The van der Waals surface area contributed by atoms with Crippen LogP contribution in [0.2, 0.25) is 0 Å². The predicted molar refractivity (Wildman–Crippen MR) is 79.9 cm³/mol. The maximum absolute atomic E-state index is 12.6. The van der Waals surface area contributed by atoms with E-state index >= 15 is 0 Å². The van der Waals surface area contributed by atoms with E-state index in [1.54, 1.807) is 35.1 Å². The fourth-order valence-corrected chi connectivity index (χ4v) is 2.62. The van der Waals surface area contributed by atoms with Crippen molar-refractivity contribution in [1.29, 1.82) is 0 Å². The minimum atomic E-state index is -0.490. The first kappa shape index (κ1) is 14.2. The van der Waals surface area contributed by atoms with Crippen molar-refractivity contribution in [3.63, 3.8) is 0 Å². The van der Waals surface area contributed by atoms with E-state index in [-0.39, 0.29) is 11.8 Å². The largest absolute Gasteiger partial charge is 0.337 e. The van der Waals surface area contributed by atoms with Crippen molar-refractivity contribution in [2.45, 2.75) is 19.4 Å². The van der Waals surface area contributed by atoms with E-state index in [1.807, 2.05) is 12.1 Å². The normalized spacial score (nSPS) is 17.0. The van der Waals surface area contributed by atoms with E-state index in [0.29, 0.717) is 18.9 Å². The van der Waals surface area contributed by atoms with Gasteiger partial charge >= 0.3 is 0 Å². The van der Waals surface area contributed by atoms with Crippen molar-refractivity contribution in [2.75, 3.05) is 11.9 Å². The number of pyridine rings is 1. The van der Waals surface area contributed by atoms with Crippen LogP contribution in [-0.2, 0) is 23.2 Å². The molecule has 0 spiro atoms. The minimum Gasteiger partial charge on any atom is -0.337 e. The average Bonchev–Trinajstić information content (AvgIpc) is 2.91. The lowest BCUT2D eigenvalue weighted by atomic mass is 9.94. The van der Waals surface area contributed by atoms with Gasteiger partial charge in [-0.1, -0.05) is 6.07 Å². The highest BCUT2D eigenvalue weighted by molar-refractivity contribution is 5.95. The molecule has 1 aliphatic rings. The van der Waals surface area contributed by atoms with Crippen molar-refractivity contribution in [1.82, 2.24) is 19.7 Å². The zero-order chi connectivity index (χ0) is 15.7. The van der Waals surface area contributed by atoms with Gasteiger partial charge in [0.2, 0.25) is 11.8 Å². The molecule has 1 N–H and O–H groups in total. The third-order valence-electron chi connectivity index (χ3n) is 3.75. The van der Waals surface area contributed by atoms with Crippen LogP contribution in [-0.4, -0.2) is 38.0 Å². The number of hydrogen-bond donors (Lipinski definition) is 1. The fourth-order valence-electron chi connectivity index (χ4n) is 2.62. The number of hydrogen-bond acceptors (Lipinski definition) is 4. The number of carbonyl (C=O) groups is 2. The Labute approximate surface area is 127 Å². The molecular weight excluding hydrogens is 282 g/mol. The molecule has 7 heteroatoms. The fraction of sp³-hybridized carbons (Fsp3) is 0.333. The van der Waals surface area contributed by atoms with Crippen LogP contribution in [0, 0.1) is 0 Å². The number of carbonyl (C=O) groups excluding carboxylic acids is 2. The van der Waals surface area contributed by atoms with E-state index in [9.17, 15) is 9.59 Å². The summed E-state index contributed by atoms with van der Waals surface area (Å²) in [6, 6.07) is 5.44. The second-order valence-corrected chi connectivity index (χ2v) is 5.36. The number of nitrogens with one attached hydrogen (secondary N) is 1. The Morgan fingerprint density at radius 1 is 1.36 bits per heavy atom. The number of amides is 2. The molecule has 7 nitrogen and oxygen atoms in total. The Bertz CT molecular complexity index is 724. The van der Waals surface area contributed by atoms with Crippen LogP contribution < -0.4 is 5.32 Å². The van der Waals surface area contributed by atoms with Gasteiger partial charge in [-0.3, -0.25) is 19.3 Å². The van der Waals surface area contributed by atoms with Crippen molar-refractivity contribution in [3.8, 4) is 0 Å². The monoisotopic (exact) mass is 299 g/mol. The summed E-state index contributed by atoms with van der Waals surface area (Å²) < 4.78 is 1.62. The van der Waals surface area contributed by atoms with Crippen molar-refractivity contribution < 1.29 is 9.59 Å². The van der Waals surface area contributed by atoms with Crippen LogP contribution in [0.5, 0.6) is 0 Å². The molecule has 0 saturated heterocycles. The van der Waals surface area contributed by atoms with Crippen LogP contribution >= 0.6 is 0 Å². The SMILES string of the molecule is CC(=O)N1Cc2cccnc2C(C(=O)Nc2ccn(C)n2)C1. The van der Waals surface area contributed by atoms with E-state index in [2.05, 4.69) is 15.4 Å². The first-order chi connectivity index (χ1) is 10.5. The maximum Gasteiger partial charge on any atom is 0.236 e. The van der Waals surface area contributed by atoms with Crippen LogP contribution in [0.25, 0.3) is 0 Å². The molecule has 3 heterocycles. The lowest BCUT2D eigenvalue weighted by Gasteiger charge is -2.32. The molecule has 0 saturated carbocycles. The molecule has 0 bridgehead atoms. The lowest BCUT2D eigenvalue weighted by molar-refractivity contribution is -0.131. The first-order valence-corrected chi connectivity index (χ1v) is 7.04. The molecule has 114 valence electrons. The molecule has 3 rings (SSSR count). The predicted octanol–water partition coefficient (Wildman–Crippen LogP) is 0.899. The zero-order valence-electron chi connectivity index (χ0n) is 12.5. The standard InChI is InChI=1S/C15H17N5O2/c1-10(21)20-8-11-4-3-6-16-14(11)12(9-20)15(22)17-13-5-7-19(2)18-13/h3-7,12H,8-9H2,1-2H3,(H,17,18,22). The summed E-state index contributed by atoms with van der Waals surface area (Å²) in [5, 5.41) is 6.92. The quantitative estimate of drug-likeness (QED) is 0.893. The smallest absolute Gasteiger partial charge is 0.236 e. The molecule has 0 aliphatic carbocycles. The summed E-state index contributed by atoms with van der Waals surface area (Å²) in [4.78, 5) is 30.3. The van der Waals surface area contributed by atoms with Gasteiger partial charge in [0.25, 0.3) is 0 Å². The number of fused-ring (bicyclic) bond motifs is 1. The number of nitrogens with zero attached hydrogens (tertiary/aromatic N) is 4. The number of anilines is 1. The van der Waals surface area contributed by atoms with Crippen LogP contribution in [0.4, 0.5) is 5.82 Å². The van der Waals surface area contributed by atoms with E-state index in [0.717, 1.165) is 11.3 Å². The summed E-state index contributed by atoms with van der Waals surface area (Å²) in [5.74, 6) is -0.254. The molecule has 1 aliphatic heterocycles. The molecule has 2 aromatic heterocycles. The third-order valence-corrected chi connectivity index (χ3v) is 3.75. The molecule has 1 atom stereocenters. The van der Waals surface area contributed by atoms with Gasteiger partial charge in [0.15, 0.2) is 5.82 Å². The molecule has 2 amide bonds. The molecule has 0 fully saturated rings. The average molecular weight is 299 g/mol. The molecule has 0 aromatic carbocycles. The Hall–Kier alpha value is -2.70. The van der Waals surface area contributed by atoms with Crippen LogP contribution in [0.1, 0.15) is 24.1 Å². The van der Waals surface area contributed by atoms with Crippen molar-refractivity contribution >= 4 is 17.6 Å². The van der Waals surface area contributed by atoms with Gasteiger partial charge in [-0.05, 0) is 11.6 Å². The second kappa shape index (κ2) is 5.59. The minimum absolute atomic E-state index is 0.0508. The summed E-state index contributed by atoms with van der Waals surface area (Å²) in [7, 11) is 1.78. The van der Waals surface area contributed by atoms with Crippen LogP contribution in [0.15, 0.2) is 30.6 Å². The van der Waals surface area contributed by atoms with Crippen LogP contribution in [0.3, 0.4) is 0 Å². The van der Waals surface area contributed by atoms with Gasteiger partial charge in [-0.25, -0.2) is 0 Å². The Balaban J connectivity index is 1.87. The molecule has 0 radical (unpaired) electrons. The summed E-state index contributed by atoms with van der Waals surface area (Å²) in [5.41, 5.74) is 1.64. The molecule has 1 unspecified atom stereocenters. The van der Waals surface area contributed by atoms with Gasteiger partial charge in [0.1, 0.15) is 0 Å². The maximum atomic E-state index is 12.6. The first-order valence-electron chi connectivity index (χ1n) is 7.04. The molecular formula is C15H17N5O2. The summed E-state index contributed by atoms with van der Waals surface area (Å²) in [6.07, 6.45) is 3.42. The third kappa shape index (κ3) is 2.69. The Morgan fingerprint density at radius 3 is 2.86 bits per heavy atom. The number of rotatable bonds is 2. The number of aromatic nitrogens is 3. The van der Waals surface area contributed by atoms with E-state index in [1.165, 1.54) is 6.92 Å². The van der Waals surface area contributed by atoms with Crippen molar-refractivity contribution in [3.05, 3.63) is 41.9 Å². The Kier molecular flexibility index (Phi) is 3.62. The highest BCUT2D eigenvalue weighted by Crippen LogP contribution is 2.27. The summed E-state index contributed by atoms with van der Waals surface area (Å²) >= 11 is 0. The summed E-state index contributed by atoms with van der Waals surface area (Å²) in [6.45, 7) is 2.33. The van der Waals surface area contributed by atoms with Gasteiger partial charge in [-0.2, -0.15) is 5.10 Å². The van der Waals surface area contributed by atoms with E-state index < -0.39 is 5.92 Å². The van der Waals surface area contributed by atoms with Gasteiger partial charge in [0.05, 0.1) is 11.6 Å². The lowest BCUT2D eigenvalue weighted by Crippen LogP contribution is -2.41. The highest BCUT2D eigenvalue weighted by atomic mass is 16.2. The van der Waals surface area contributed by atoms with E-state index in [4.69, 9.17) is 0 Å². The second-order valence-electron chi connectivity index (χ2n) is 5.36. The highest BCUT2D eigenvalue weighted by Gasteiger charge is 2.32.